The van der Waals surface area contributed by atoms with Gasteiger partial charge >= 0.3 is 0 Å². The van der Waals surface area contributed by atoms with Gasteiger partial charge in [0.25, 0.3) is 0 Å². The van der Waals surface area contributed by atoms with Crippen LogP contribution in [0.2, 0.25) is 0 Å². The van der Waals surface area contributed by atoms with Crippen molar-refractivity contribution in [2.24, 2.45) is 0 Å². The zero-order valence-electron chi connectivity index (χ0n) is 13.5. The van der Waals surface area contributed by atoms with Gasteiger partial charge in [-0.2, -0.15) is 9.40 Å². The van der Waals surface area contributed by atoms with Crippen LogP contribution in [0.3, 0.4) is 0 Å². The number of aromatic amines is 1. The first-order chi connectivity index (χ1) is 9.75. The molecule has 120 valence electrons. The zero-order chi connectivity index (χ0) is 15.8. The number of likely N-dealkylation sites (tertiary alicyclic amines) is 1. The van der Waals surface area contributed by atoms with Crippen molar-refractivity contribution in [1.82, 2.24) is 19.4 Å². The predicted octanol–water partition coefficient (Wildman–Crippen LogP) is 1.52. The van der Waals surface area contributed by atoms with Crippen LogP contribution in [0.4, 0.5) is 0 Å². The third-order valence-electron chi connectivity index (χ3n) is 4.44. The van der Waals surface area contributed by atoms with Crippen LogP contribution in [0, 0.1) is 13.8 Å². The molecule has 21 heavy (non-hydrogen) atoms. The Hall–Kier alpha value is -0.920. The molecular formula is C14H26N4O2S. The second-order valence-corrected chi connectivity index (χ2v) is 8.08. The van der Waals surface area contributed by atoms with E-state index in [1.54, 1.807) is 20.9 Å². The van der Waals surface area contributed by atoms with Crippen molar-refractivity contribution in [3.05, 3.63) is 11.4 Å². The Morgan fingerprint density at radius 1 is 1.29 bits per heavy atom. The lowest BCUT2D eigenvalue weighted by molar-refractivity contribution is 0.140. The first-order valence-corrected chi connectivity index (χ1v) is 8.92. The minimum Gasteiger partial charge on any atom is -0.301 e. The molecule has 0 bridgehead atoms. The minimum absolute atomic E-state index is 0.0682. The second-order valence-electron chi connectivity index (χ2n) is 6.15. The molecule has 0 saturated carbocycles. The number of aromatic nitrogens is 2. The lowest BCUT2D eigenvalue weighted by Crippen LogP contribution is -2.47. The minimum atomic E-state index is -3.47. The molecule has 0 aromatic carbocycles. The first kappa shape index (κ1) is 16.5. The molecule has 1 fully saturated rings. The van der Waals surface area contributed by atoms with Crippen LogP contribution in [-0.2, 0) is 10.0 Å². The van der Waals surface area contributed by atoms with Gasteiger partial charge in [0.2, 0.25) is 10.0 Å². The standard InChI is InChI=1S/C14H26N4O2S/c1-10(2)18-8-6-13(7-9-18)17(5)21(19,20)14-11(3)15-16-12(14)4/h10,13H,6-9H2,1-5H3,(H,15,16). The molecule has 1 aliphatic rings. The van der Waals surface area contributed by atoms with Gasteiger partial charge < -0.3 is 4.90 Å². The summed E-state index contributed by atoms with van der Waals surface area (Å²) in [5.41, 5.74) is 1.15. The van der Waals surface area contributed by atoms with E-state index in [1.165, 1.54) is 4.31 Å². The van der Waals surface area contributed by atoms with Crippen molar-refractivity contribution in [1.29, 1.82) is 0 Å². The van der Waals surface area contributed by atoms with Crippen molar-refractivity contribution in [2.45, 2.75) is 57.5 Å². The maximum atomic E-state index is 12.8. The van der Waals surface area contributed by atoms with E-state index in [-0.39, 0.29) is 6.04 Å². The van der Waals surface area contributed by atoms with Gasteiger partial charge in [0, 0.05) is 19.1 Å². The smallest absolute Gasteiger partial charge is 0.246 e. The van der Waals surface area contributed by atoms with Crippen LogP contribution in [-0.4, -0.2) is 60.0 Å². The van der Waals surface area contributed by atoms with Crippen molar-refractivity contribution in [3.8, 4) is 0 Å². The van der Waals surface area contributed by atoms with E-state index in [9.17, 15) is 8.42 Å². The highest BCUT2D eigenvalue weighted by molar-refractivity contribution is 7.89. The first-order valence-electron chi connectivity index (χ1n) is 7.48. The van der Waals surface area contributed by atoms with Crippen molar-refractivity contribution < 1.29 is 8.42 Å². The average molecular weight is 314 g/mol. The van der Waals surface area contributed by atoms with Crippen LogP contribution < -0.4 is 0 Å². The summed E-state index contributed by atoms with van der Waals surface area (Å²) < 4.78 is 27.1. The molecule has 0 spiro atoms. The highest BCUT2D eigenvalue weighted by atomic mass is 32.2. The van der Waals surface area contributed by atoms with E-state index in [0.717, 1.165) is 25.9 Å². The summed E-state index contributed by atoms with van der Waals surface area (Å²) in [6.45, 7) is 9.74. The predicted molar refractivity (Wildman–Crippen MR) is 82.7 cm³/mol. The SMILES string of the molecule is Cc1n[nH]c(C)c1S(=O)(=O)N(C)C1CCN(C(C)C)CC1. The van der Waals surface area contributed by atoms with Crippen LogP contribution in [0.15, 0.2) is 4.90 Å². The van der Waals surface area contributed by atoms with Crippen LogP contribution in [0.5, 0.6) is 0 Å². The van der Waals surface area contributed by atoms with E-state index in [4.69, 9.17) is 0 Å². The molecule has 1 saturated heterocycles. The van der Waals surface area contributed by atoms with Gasteiger partial charge in [-0.25, -0.2) is 8.42 Å². The largest absolute Gasteiger partial charge is 0.301 e. The van der Waals surface area contributed by atoms with Gasteiger partial charge in [-0.15, -0.1) is 0 Å². The highest BCUT2D eigenvalue weighted by Crippen LogP contribution is 2.26. The van der Waals surface area contributed by atoms with Gasteiger partial charge in [-0.1, -0.05) is 0 Å². The summed E-state index contributed by atoms with van der Waals surface area (Å²) in [7, 11) is -1.78. The van der Waals surface area contributed by atoms with E-state index in [0.29, 0.717) is 22.3 Å². The fourth-order valence-electron chi connectivity index (χ4n) is 3.03. The molecule has 0 atom stereocenters. The average Bonchev–Trinajstić information content (AvgIpc) is 2.78. The molecule has 6 nitrogen and oxygen atoms in total. The number of piperidine rings is 1. The van der Waals surface area contributed by atoms with Crippen molar-refractivity contribution in [3.63, 3.8) is 0 Å². The maximum Gasteiger partial charge on any atom is 0.246 e. The number of aryl methyl sites for hydroxylation is 2. The van der Waals surface area contributed by atoms with Gasteiger partial charge in [0.05, 0.1) is 11.4 Å². The van der Waals surface area contributed by atoms with E-state index in [1.807, 2.05) is 0 Å². The molecular weight excluding hydrogens is 288 g/mol. The fourth-order valence-corrected chi connectivity index (χ4v) is 4.77. The molecule has 0 aliphatic carbocycles. The quantitative estimate of drug-likeness (QED) is 0.915. The zero-order valence-corrected chi connectivity index (χ0v) is 14.4. The Morgan fingerprint density at radius 2 is 1.86 bits per heavy atom. The van der Waals surface area contributed by atoms with Crippen LogP contribution in [0.1, 0.15) is 38.1 Å². The fraction of sp³-hybridized carbons (Fsp3) is 0.786. The molecule has 1 aliphatic heterocycles. The number of hydrogen-bond acceptors (Lipinski definition) is 4. The summed E-state index contributed by atoms with van der Waals surface area (Å²) >= 11 is 0. The third kappa shape index (κ3) is 3.14. The van der Waals surface area contributed by atoms with Gasteiger partial charge in [-0.3, -0.25) is 5.10 Å². The van der Waals surface area contributed by atoms with Crippen molar-refractivity contribution >= 4 is 10.0 Å². The molecule has 1 N–H and O–H groups in total. The lowest BCUT2D eigenvalue weighted by atomic mass is 10.0. The number of nitrogens with zero attached hydrogens (tertiary/aromatic N) is 3. The van der Waals surface area contributed by atoms with E-state index < -0.39 is 10.0 Å². The Kier molecular flexibility index (Phi) is 4.75. The summed E-state index contributed by atoms with van der Waals surface area (Å²) in [5, 5.41) is 6.76. The maximum absolute atomic E-state index is 12.8. The summed E-state index contributed by atoms with van der Waals surface area (Å²) in [6, 6.07) is 0.588. The molecule has 2 heterocycles. The van der Waals surface area contributed by atoms with Crippen LogP contribution in [0.25, 0.3) is 0 Å². The van der Waals surface area contributed by atoms with Gasteiger partial charge in [0.1, 0.15) is 4.90 Å². The highest BCUT2D eigenvalue weighted by Gasteiger charge is 2.34. The number of nitrogens with one attached hydrogen (secondary N) is 1. The van der Waals surface area contributed by atoms with E-state index in [2.05, 4.69) is 28.9 Å². The Labute approximate surface area is 127 Å². The summed E-state index contributed by atoms with van der Waals surface area (Å²) in [6.07, 6.45) is 1.76. The van der Waals surface area contributed by atoms with Crippen molar-refractivity contribution in [2.75, 3.05) is 20.1 Å². The number of H-pyrrole nitrogens is 1. The lowest BCUT2D eigenvalue weighted by Gasteiger charge is -2.37. The molecule has 1 aromatic rings. The monoisotopic (exact) mass is 314 g/mol. The van der Waals surface area contributed by atoms with Crippen LogP contribution >= 0.6 is 0 Å². The third-order valence-corrected chi connectivity index (χ3v) is 6.62. The molecule has 0 radical (unpaired) electrons. The Bertz CT molecular complexity index is 567. The molecule has 7 heteroatoms. The Balaban J connectivity index is 2.15. The number of hydrogen-bond donors (Lipinski definition) is 1. The molecule has 0 unspecified atom stereocenters. The van der Waals surface area contributed by atoms with Gasteiger partial charge in [0.15, 0.2) is 0 Å². The Morgan fingerprint density at radius 3 is 2.29 bits per heavy atom. The summed E-state index contributed by atoms with van der Waals surface area (Å²) in [5.74, 6) is 0. The second kappa shape index (κ2) is 6.06. The van der Waals surface area contributed by atoms with E-state index >= 15 is 0 Å². The molecule has 2 rings (SSSR count). The molecule has 0 amide bonds. The number of rotatable bonds is 4. The number of sulfonamides is 1. The topological polar surface area (TPSA) is 69.3 Å². The molecule has 1 aromatic heterocycles. The summed E-state index contributed by atoms with van der Waals surface area (Å²) in [4.78, 5) is 2.72. The normalized spacial score (nSPS) is 18.8. The van der Waals surface area contributed by atoms with Gasteiger partial charge in [-0.05, 0) is 53.6 Å².